The summed E-state index contributed by atoms with van der Waals surface area (Å²) in [6.45, 7) is 0.644. The zero-order valence-corrected chi connectivity index (χ0v) is 16.6. The summed E-state index contributed by atoms with van der Waals surface area (Å²) in [5.74, 6) is 0.236. The van der Waals surface area contributed by atoms with E-state index in [1.807, 2.05) is 7.05 Å². The van der Waals surface area contributed by atoms with Crippen LogP contribution < -0.4 is 0 Å². The number of likely N-dealkylation sites (N-methyl/N-ethyl adjacent to an activating group) is 1. The summed E-state index contributed by atoms with van der Waals surface area (Å²) in [5, 5.41) is 10.5. The lowest BCUT2D eigenvalue weighted by Gasteiger charge is -2.53. The van der Waals surface area contributed by atoms with Gasteiger partial charge in [-0.05, 0) is 26.4 Å². The molecule has 4 aliphatic rings. The number of ketones is 2. The van der Waals surface area contributed by atoms with Crippen LogP contribution in [0.4, 0.5) is 0 Å². The second kappa shape index (κ2) is 5.72. The number of hydrogen-bond acceptors (Lipinski definition) is 7. The second-order valence-electron chi connectivity index (χ2n) is 7.84. The molecule has 1 aliphatic heterocycles. The first kappa shape index (κ1) is 18.8. The van der Waals surface area contributed by atoms with Crippen molar-refractivity contribution in [2.45, 2.75) is 36.3 Å². The van der Waals surface area contributed by atoms with Crippen LogP contribution in [0.1, 0.15) is 19.3 Å². The lowest BCUT2D eigenvalue weighted by molar-refractivity contribution is -0.148. The maximum Gasteiger partial charge on any atom is 0.201 e. The van der Waals surface area contributed by atoms with Crippen molar-refractivity contribution < 1.29 is 28.9 Å². The minimum atomic E-state index is -1.34. The van der Waals surface area contributed by atoms with Gasteiger partial charge in [0.05, 0.1) is 37.7 Å². The van der Waals surface area contributed by atoms with Gasteiger partial charge in [0, 0.05) is 17.9 Å². The number of carbonyl (C=O) groups is 2. The molecular weight excluding hydrogens is 374 g/mol. The Hall–Kier alpha value is -1.57. The largest absolute Gasteiger partial charge is 0.498 e. The fourth-order valence-electron chi connectivity index (χ4n) is 6.42. The third-order valence-electron chi connectivity index (χ3n) is 7.40. The molecule has 4 rings (SSSR count). The third-order valence-corrected chi connectivity index (χ3v) is 7.90. The molecule has 5 atom stereocenters. The number of likely N-dealkylation sites (tertiary alicyclic amines) is 1. The average molecular weight is 398 g/mol. The van der Waals surface area contributed by atoms with Crippen molar-refractivity contribution in [3.8, 4) is 0 Å². The molecule has 1 N–H and O–H groups in total. The summed E-state index contributed by atoms with van der Waals surface area (Å²) in [6.07, 6.45) is 1.08. The minimum Gasteiger partial charge on any atom is -0.498 e. The number of Topliss-reactive ketones (excluding diaryl/α,β-unsaturated/α-hetero) is 1. The molecule has 1 heterocycles. The van der Waals surface area contributed by atoms with Crippen LogP contribution in [0.3, 0.4) is 0 Å². The number of ether oxygens (including phenoxy) is 3. The van der Waals surface area contributed by atoms with Crippen LogP contribution in [0.2, 0.25) is 0 Å². The Bertz CT molecular complexity index is 793. The molecule has 2 fully saturated rings. The van der Waals surface area contributed by atoms with E-state index in [1.54, 1.807) is 0 Å². The zero-order chi connectivity index (χ0) is 19.8. The van der Waals surface area contributed by atoms with E-state index in [0.717, 1.165) is 0 Å². The van der Waals surface area contributed by atoms with Gasteiger partial charge in [-0.3, -0.25) is 14.5 Å². The Balaban J connectivity index is 2.04. The molecule has 27 heavy (non-hydrogen) atoms. The fraction of sp³-hybridized carbons (Fsp3) is 0.684. The van der Waals surface area contributed by atoms with Crippen LogP contribution in [-0.4, -0.2) is 73.5 Å². The average Bonchev–Trinajstić information content (AvgIpc) is 3.15. The van der Waals surface area contributed by atoms with Crippen molar-refractivity contribution in [1.29, 1.82) is 0 Å². The SMILES string of the molecule is COC1=CC(=O)C2([C@@H]1O)[C@@H](Cl)CC13C(OC)=C(OC)C(=O)CC21CCN3C. The van der Waals surface area contributed by atoms with Crippen LogP contribution in [0, 0.1) is 10.8 Å². The van der Waals surface area contributed by atoms with Crippen LogP contribution in [0.25, 0.3) is 0 Å². The highest BCUT2D eigenvalue weighted by atomic mass is 35.5. The molecule has 7 nitrogen and oxygen atoms in total. The summed E-state index contributed by atoms with van der Waals surface area (Å²) >= 11 is 6.85. The number of allylic oxidation sites excluding steroid dienone is 2. The smallest absolute Gasteiger partial charge is 0.201 e. The predicted octanol–water partition coefficient (Wildman–Crippen LogP) is 0.996. The summed E-state index contributed by atoms with van der Waals surface area (Å²) in [4.78, 5) is 28.4. The van der Waals surface area contributed by atoms with Crippen LogP contribution in [0.5, 0.6) is 0 Å². The molecule has 0 amide bonds. The Morgan fingerprint density at radius 3 is 2.48 bits per heavy atom. The Kier molecular flexibility index (Phi) is 3.98. The highest BCUT2D eigenvalue weighted by Crippen LogP contribution is 2.74. The minimum absolute atomic E-state index is 0.0597. The van der Waals surface area contributed by atoms with Gasteiger partial charge in [0.25, 0.3) is 0 Å². The van der Waals surface area contributed by atoms with Crippen LogP contribution >= 0.6 is 11.6 Å². The lowest BCUT2D eigenvalue weighted by atomic mass is 9.52. The predicted molar refractivity (Wildman–Crippen MR) is 95.9 cm³/mol. The molecule has 0 aromatic carbocycles. The van der Waals surface area contributed by atoms with Crippen molar-refractivity contribution in [1.82, 2.24) is 4.90 Å². The molecule has 0 aromatic rings. The first-order chi connectivity index (χ1) is 12.8. The van der Waals surface area contributed by atoms with E-state index in [-0.39, 0.29) is 29.5 Å². The van der Waals surface area contributed by atoms with E-state index in [4.69, 9.17) is 25.8 Å². The molecule has 1 saturated heterocycles. The first-order valence-electron chi connectivity index (χ1n) is 8.97. The van der Waals surface area contributed by atoms with Gasteiger partial charge in [0.2, 0.25) is 11.5 Å². The number of carbonyl (C=O) groups excluding carboxylic acids is 2. The number of hydrogen-bond donors (Lipinski definition) is 1. The highest BCUT2D eigenvalue weighted by molar-refractivity contribution is 6.25. The summed E-state index contributed by atoms with van der Waals surface area (Å²) < 4.78 is 16.4. The number of aliphatic hydroxyl groups is 1. The second-order valence-corrected chi connectivity index (χ2v) is 8.37. The van der Waals surface area contributed by atoms with Gasteiger partial charge in [0.1, 0.15) is 11.9 Å². The maximum atomic E-state index is 13.3. The lowest BCUT2D eigenvalue weighted by Crippen LogP contribution is -2.63. The first-order valence-corrected chi connectivity index (χ1v) is 9.41. The van der Waals surface area contributed by atoms with E-state index in [0.29, 0.717) is 25.1 Å². The van der Waals surface area contributed by atoms with Crippen LogP contribution in [0.15, 0.2) is 23.4 Å². The van der Waals surface area contributed by atoms with E-state index >= 15 is 0 Å². The molecule has 3 unspecified atom stereocenters. The van der Waals surface area contributed by atoms with Gasteiger partial charge in [-0.1, -0.05) is 0 Å². The summed E-state index contributed by atoms with van der Waals surface area (Å²) in [5.41, 5.74) is -3.05. The molecule has 0 bridgehead atoms. The van der Waals surface area contributed by atoms with Crippen molar-refractivity contribution in [3.63, 3.8) is 0 Å². The normalized spacial score (nSPS) is 43.9. The van der Waals surface area contributed by atoms with E-state index < -0.39 is 27.8 Å². The monoisotopic (exact) mass is 397 g/mol. The Morgan fingerprint density at radius 2 is 1.93 bits per heavy atom. The van der Waals surface area contributed by atoms with E-state index in [9.17, 15) is 14.7 Å². The molecule has 8 heteroatoms. The van der Waals surface area contributed by atoms with Gasteiger partial charge >= 0.3 is 0 Å². The molecule has 1 saturated carbocycles. The van der Waals surface area contributed by atoms with Crippen LogP contribution in [-0.2, 0) is 23.8 Å². The topological polar surface area (TPSA) is 85.3 Å². The van der Waals surface area contributed by atoms with Gasteiger partial charge in [-0.25, -0.2) is 0 Å². The highest BCUT2D eigenvalue weighted by Gasteiger charge is 2.83. The fourth-order valence-corrected chi connectivity index (χ4v) is 7.08. The van der Waals surface area contributed by atoms with E-state index in [2.05, 4.69) is 4.90 Å². The van der Waals surface area contributed by atoms with Gasteiger partial charge < -0.3 is 19.3 Å². The van der Waals surface area contributed by atoms with Gasteiger partial charge in [0.15, 0.2) is 11.5 Å². The molecule has 0 aromatic heterocycles. The standard InChI is InChI=1S/C19H24ClNO6/c1-21-6-5-17-8-10(22)14(26-3)16(27-4)18(17,21)9-12(20)19(17)13(23)7-11(25-2)15(19)24/h7,12,15,24H,5-6,8-9H2,1-4H3/t12-,15+,17?,18?,19?/m0/s1. The molecule has 148 valence electrons. The zero-order valence-electron chi connectivity index (χ0n) is 15.9. The van der Waals surface area contributed by atoms with E-state index in [1.165, 1.54) is 27.4 Å². The number of methoxy groups -OCH3 is 3. The van der Waals surface area contributed by atoms with Crippen molar-refractivity contribution in [2.75, 3.05) is 34.9 Å². The molecular formula is C19H24ClNO6. The Labute approximate surface area is 162 Å². The Morgan fingerprint density at radius 1 is 1.22 bits per heavy atom. The van der Waals surface area contributed by atoms with Crippen molar-refractivity contribution in [3.05, 3.63) is 23.4 Å². The molecule has 0 radical (unpaired) electrons. The number of alkyl halides is 1. The number of halogens is 1. The number of aliphatic hydroxyl groups excluding tert-OH is 1. The summed E-state index contributed by atoms with van der Waals surface area (Å²) in [7, 11) is 6.29. The summed E-state index contributed by atoms with van der Waals surface area (Å²) in [6, 6.07) is 0. The number of nitrogens with zero attached hydrogens (tertiary/aromatic N) is 1. The molecule has 1 spiro atoms. The number of rotatable bonds is 3. The van der Waals surface area contributed by atoms with Crippen molar-refractivity contribution in [2.24, 2.45) is 10.8 Å². The third kappa shape index (κ3) is 1.72. The van der Waals surface area contributed by atoms with Gasteiger partial charge in [-0.15, -0.1) is 11.6 Å². The van der Waals surface area contributed by atoms with Crippen molar-refractivity contribution >= 4 is 23.2 Å². The quantitative estimate of drug-likeness (QED) is 0.711. The maximum absolute atomic E-state index is 13.3. The molecule has 3 aliphatic carbocycles. The van der Waals surface area contributed by atoms with Gasteiger partial charge in [-0.2, -0.15) is 0 Å².